The highest BCUT2D eigenvalue weighted by molar-refractivity contribution is 5.80. The Labute approximate surface area is 68.9 Å². The summed E-state index contributed by atoms with van der Waals surface area (Å²) in [5, 5.41) is 0. The molecule has 11 heavy (non-hydrogen) atoms. The van der Waals surface area contributed by atoms with Crippen LogP contribution in [0.15, 0.2) is 4.99 Å². The van der Waals surface area contributed by atoms with Gasteiger partial charge in [-0.25, -0.2) is 0 Å². The lowest BCUT2D eigenvalue weighted by Crippen LogP contribution is -2.14. The summed E-state index contributed by atoms with van der Waals surface area (Å²) in [6.45, 7) is 4.20. The third kappa shape index (κ3) is 3.40. The lowest BCUT2D eigenvalue weighted by Gasteiger charge is -2.05. The Bertz CT molecular complexity index is 148. The highest BCUT2D eigenvalue weighted by Gasteiger charge is 2.23. The van der Waals surface area contributed by atoms with Crippen molar-refractivity contribution < 1.29 is 0 Å². The van der Waals surface area contributed by atoms with Crippen LogP contribution in [0.1, 0.15) is 39.5 Å². The molecule has 1 rings (SSSR count). The van der Waals surface area contributed by atoms with Gasteiger partial charge in [0.05, 0.1) is 5.84 Å². The lowest BCUT2D eigenvalue weighted by molar-refractivity contribution is 0.610. The minimum absolute atomic E-state index is 0.447. The Morgan fingerprint density at radius 1 is 1.64 bits per heavy atom. The first-order valence-electron chi connectivity index (χ1n) is 4.54. The first-order valence-corrected chi connectivity index (χ1v) is 4.54. The standard InChI is InChI=1S/C9H18N2/c1-3-9(10)11-7(2)6-8-4-5-8/h7-8H,3-6H2,1-2H3,(H2,10,11). The SMILES string of the molecule is CCC(N)=NC(C)CC1CC1. The van der Waals surface area contributed by atoms with Gasteiger partial charge in [0.25, 0.3) is 0 Å². The minimum Gasteiger partial charge on any atom is -0.387 e. The fourth-order valence-corrected chi connectivity index (χ4v) is 1.26. The molecule has 0 amide bonds. The molecule has 0 bridgehead atoms. The predicted molar refractivity (Wildman–Crippen MR) is 48.7 cm³/mol. The van der Waals surface area contributed by atoms with Gasteiger partial charge in [-0.1, -0.05) is 19.8 Å². The van der Waals surface area contributed by atoms with Crippen molar-refractivity contribution in [3.63, 3.8) is 0 Å². The second kappa shape index (κ2) is 3.74. The summed E-state index contributed by atoms with van der Waals surface area (Å²) in [4.78, 5) is 4.37. The molecule has 64 valence electrons. The quantitative estimate of drug-likeness (QED) is 0.487. The van der Waals surface area contributed by atoms with Gasteiger partial charge in [0.15, 0.2) is 0 Å². The highest BCUT2D eigenvalue weighted by atomic mass is 14.9. The van der Waals surface area contributed by atoms with E-state index in [9.17, 15) is 0 Å². The van der Waals surface area contributed by atoms with Gasteiger partial charge in [-0.2, -0.15) is 0 Å². The molecule has 0 saturated heterocycles. The van der Waals surface area contributed by atoms with E-state index < -0.39 is 0 Å². The molecule has 0 aliphatic heterocycles. The number of hydrogen-bond donors (Lipinski definition) is 1. The Morgan fingerprint density at radius 2 is 2.27 bits per heavy atom. The second-order valence-corrected chi connectivity index (χ2v) is 3.50. The average molecular weight is 154 g/mol. The number of aliphatic imine (C=N–C) groups is 1. The second-order valence-electron chi connectivity index (χ2n) is 3.50. The van der Waals surface area contributed by atoms with Crippen LogP contribution in [0.2, 0.25) is 0 Å². The van der Waals surface area contributed by atoms with Gasteiger partial charge in [0.2, 0.25) is 0 Å². The van der Waals surface area contributed by atoms with Crippen molar-refractivity contribution in [2.24, 2.45) is 16.6 Å². The average Bonchev–Trinajstić information content (AvgIpc) is 2.71. The van der Waals surface area contributed by atoms with Gasteiger partial charge in [0.1, 0.15) is 0 Å². The van der Waals surface area contributed by atoms with Crippen LogP contribution in [0.4, 0.5) is 0 Å². The molecule has 1 aliphatic carbocycles. The molecule has 2 N–H and O–H groups in total. The Balaban J connectivity index is 2.22. The number of nitrogens with two attached hydrogens (primary N) is 1. The third-order valence-electron chi connectivity index (χ3n) is 2.12. The van der Waals surface area contributed by atoms with Crippen LogP contribution in [-0.4, -0.2) is 11.9 Å². The van der Waals surface area contributed by atoms with E-state index in [0.29, 0.717) is 6.04 Å². The normalized spacial score (nSPS) is 21.8. The number of rotatable bonds is 4. The first-order chi connectivity index (χ1) is 5.22. The van der Waals surface area contributed by atoms with Crippen molar-refractivity contribution in [1.82, 2.24) is 0 Å². The maximum absolute atomic E-state index is 5.62. The van der Waals surface area contributed by atoms with E-state index >= 15 is 0 Å². The zero-order valence-corrected chi connectivity index (χ0v) is 7.51. The van der Waals surface area contributed by atoms with Crippen LogP contribution in [-0.2, 0) is 0 Å². The van der Waals surface area contributed by atoms with E-state index in [4.69, 9.17) is 5.73 Å². The van der Waals surface area contributed by atoms with Gasteiger partial charge >= 0.3 is 0 Å². The molecular formula is C9H18N2. The molecule has 0 spiro atoms. The van der Waals surface area contributed by atoms with Crippen molar-refractivity contribution in [1.29, 1.82) is 0 Å². The first kappa shape index (κ1) is 8.57. The Hall–Kier alpha value is -0.530. The summed E-state index contributed by atoms with van der Waals surface area (Å²) >= 11 is 0. The van der Waals surface area contributed by atoms with E-state index in [-0.39, 0.29) is 0 Å². The van der Waals surface area contributed by atoms with Gasteiger partial charge < -0.3 is 5.73 Å². The summed E-state index contributed by atoms with van der Waals surface area (Å²) in [7, 11) is 0. The van der Waals surface area contributed by atoms with Gasteiger partial charge in [-0.3, -0.25) is 4.99 Å². The fraction of sp³-hybridized carbons (Fsp3) is 0.889. The van der Waals surface area contributed by atoms with Crippen molar-refractivity contribution >= 4 is 5.84 Å². The maximum Gasteiger partial charge on any atom is 0.0937 e. The summed E-state index contributed by atoms with van der Waals surface area (Å²) in [5.74, 6) is 1.76. The molecule has 1 fully saturated rings. The van der Waals surface area contributed by atoms with Crippen LogP contribution in [0.3, 0.4) is 0 Å². The molecule has 0 aromatic heterocycles. The summed E-state index contributed by atoms with van der Waals surface area (Å²) in [5.41, 5.74) is 5.62. The van der Waals surface area contributed by atoms with Crippen molar-refractivity contribution in [2.45, 2.75) is 45.6 Å². The van der Waals surface area contributed by atoms with Crippen LogP contribution in [0.25, 0.3) is 0 Å². The van der Waals surface area contributed by atoms with Crippen LogP contribution in [0.5, 0.6) is 0 Å². The number of nitrogens with zero attached hydrogens (tertiary/aromatic N) is 1. The molecule has 1 aliphatic rings. The molecule has 0 aromatic carbocycles. The van der Waals surface area contributed by atoms with Crippen molar-refractivity contribution in [3.8, 4) is 0 Å². The van der Waals surface area contributed by atoms with Crippen molar-refractivity contribution in [2.75, 3.05) is 0 Å². The Morgan fingerprint density at radius 3 is 2.73 bits per heavy atom. The summed E-state index contributed by atoms with van der Waals surface area (Å²) < 4.78 is 0. The van der Waals surface area contributed by atoms with E-state index in [1.54, 1.807) is 0 Å². The van der Waals surface area contributed by atoms with Gasteiger partial charge in [-0.15, -0.1) is 0 Å². The van der Waals surface area contributed by atoms with Crippen LogP contribution in [0, 0.1) is 5.92 Å². The van der Waals surface area contributed by atoms with E-state index in [0.717, 1.165) is 18.2 Å². The molecule has 0 aromatic rings. The lowest BCUT2D eigenvalue weighted by atomic mass is 10.2. The summed E-state index contributed by atoms with van der Waals surface area (Å²) in [6.07, 6.45) is 4.94. The van der Waals surface area contributed by atoms with Crippen molar-refractivity contribution in [3.05, 3.63) is 0 Å². The smallest absolute Gasteiger partial charge is 0.0937 e. The van der Waals surface area contributed by atoms with E-state index in [1.165, 1.54) is 19.3 Å². The molecule has 1 saturated carbocycles. The van der Waals surface area contributed by atoms with Crippen LogP contribution >= 0.6 is 0 Å². The zero-order valence-electron chi connectivity index (χ0n) is 7.51. The maximum atomic E-state index is 5.62. The van der Waals surface area contributed by atoms with Gasteiger partial charge in [-0.05, 0) is 19.3 Å². The fourth-order valence-electron chi connectivity index (χ4n) is 1.26. The zero-order chi connectivity index (χ0) is 8.27. The Kier molecular flexibility index (Phi) is 2.92. The monoisotopic (exact) mass is 154 g/mol. The number of hydrogen-bond acceptors (Lipinski definition) is 1. The highest BCUT2D eigenvalue weighted by Crippen LogP contribution is 2.34. The molecule has 1 unspecified atom stereocenters. The topological polar surface area (TPSA) is 38.4 Å². The van der Waals surface area contributed by atoms with Gasteiger partial charge in [0, 0.05) is 12.5 Å². The molecule has 1 atom stereocenters. The summed E-state index contributed by atoms with van der Waals surface area (Å²) in [6, 6.07) is 0.447. The van der Waals surface area contributed by atoms with E-state index in [1.807, 2.05) is 6.92 Å². The van der Waals surface area contributed by atoms with E-state index in [2.05, 4.69) is 11.9 Å². The van der Waals surface area contributed by atoms with Crippen LogP contribution < -0.4 is 5.73 Å². The largest absolute Gasteiger partial charge is 0.387 e. The third-order valence-corrected chi connectivity index (χ3v) is 2.12. The molecule has 2 nitrogen and oxygen atoms in total. The molecule has 2 heteroatoms. The molecule has 0 radical (unpaired) electrons. The predicted octanol–water partition coefficient (Wildman–Crippen LogP) is 1.94. The minimum atomic E-state index is 0.447. The molecular weight excluding hydrogens is 136 g/mol. The number of amidine groups is 1. The molecule has 0 heterocycles.